The van der Waals surface area contributed by atoms with Crippen molar-refractivity contribution in [1.29, 1.82) is 0 Å². The molecule has 0 unspecified atom stereocenters. The minimum absolute atomic E-state index is 0.389. The lowest BCUT2D eigenvalue weighted by atomic mass is 10.2. The van der Waals surface area contributed by atoms with E-state index in [1.165, 1.54) is 0 Å². The molecule has 0 saturated carbocycles. The summed E-state index contributed by atoms with van der Waals surface area (Å²) in [5.74, 6) is 2.37. The number of nitrogens with zero attached hydrogens (tertiary/aromatic N) is 5. The zero-order valence-electron chi connectivity index (χ0n) is 14.5. The summed E-state index contributed by atoms with van der Waals surface area (Å²) in [5.41, 5.74) is 1.84. The molecule has 0 aliphatic carbocycles. The highest BCUT2D eigenvalue weighted by molar-refractivity contribution is 5.91. The quantitative estimate of drug-likeness (QED) is 0.887. The summed E-state index contributed by atoms with van der Waals surface area (Å²) in [4.78, 5) is 18.3. The van der Waals surface area contributed by atoms with Gasteiger partial charge in [0.25, 0.3) is 0 Å². The molecule has 0 spiro atoms. The van der Waals surface area contributed by atoms with E-state index < -0.39 is 0 Å². The van der Waals surface area contributed by atoms with Crippen molar-refractivity contribution in [2.45, 2.75) is 19.4 Å². The van der Waals surface area contributed by atoms with Gasteiger partial charge >= 0.3 is 0 Å². The Kier molecular flexibility index (Phi) is 4.21. The molecular formula is C16H25N7. The van der Waals surface area contributed by atoms with Crippen LogP contribution >= 0.6 is 0 Å². The second-order valence-corrected chi connectivity index (χ2v) is 6.43. The van der Waals surface area contributed by atoms with Crippen LogP contribution in [0.4, 0.5) is 17.6 Å². The van der Waals surface area contributed by atoms with Crippen LogP contribution in [0, 0.1) is 6.92 Å². The van der Waals surface area contributed by atoms with E-state index >= 15 is 0 Å². The standard InChI is InChI=1S/C16H25N7/c1-10-8-12(22(3)4)19-15-13(10)14(17-2)20-16(21-15)18-11-6-7-23(5)9-11/h8,11H,6-7,9H2,1-5H3,(H2,17,18,19,20,21)/t11-/m1/s1. The first-order valence-corrected chi connectivity index (χ1v) is 7.97. The van der Waals surface area contributed by atoms with Gasteiger partial charge in [-0.3, -0.25) is 0 Å². The summed E-state index contributed by atoms with van der Waals surface area (Å²) in [5, 5.41) is 7.61. The Bertz CT molecular complexity index is 713. The van der Waals surface area contributed by atoms with Crippen molar-refractivity contribution in [1.82, 2.24) is 19.9 Å². The van der Waals surface area contributed by atoms with Crippen LogP contribution in [-0.2, 0) is 0 Å². The Morgan fingerprint density at radius 1 is 1.26 bits per heavy atom. The molecular weight excluding hydrogens is 290 g/mol. The maximum Gasteiger partial charge on any atom is 0.226 e. The van der Waals surface area contributed by atoms with Crippen LogP contribution < -0.4 is 15.5 Å². The van der Waals surface area contributed by atoms with Crippen LogP contribution in [0.1, 0.15) is 12.0 Å². The largest absolute Gasteiger partial charge is 0.372 e. The van der Waals surface area contributed by atoms with Gasteiger partial charge in [0, 0.05) is 33.7 Å². The number of aromatic nitrogens is 3. The van der Waals surface area contributed by atoms with Gasteiger partial charge in [0.2, 0.25) is 5.95 Å². The minimum atomic E-state index is 0.389. The van der Waals surface area contributed by atoms with Crippen LogP contribution in [-0.4, -0.2) is 67.2 Å². The Morgan fingerprint density at radius 2 is 2.04 bits per heavy atom. The Morgan fingerprint density at radius 3 is 2.65 bits per heavy atom. The van der Waals surface area contributed by atoms with Crippen molar-refractivity contribution in [3.05, 3.63) is 11.6 Å². The molecule has 1 atom stereocenters. The predicted octanol–water partition coefficient (Wildman–Crippen LogP) is 1.56. The molecule has 0 radical (unpaired) electrons. The lowest BCUT2D eigenvalue weighted by molar-refractivity contribution is 0.414. The second kappa shape index (κ2) is 6.16. The topological polar surface area (TPSA) is 69.2 Å². The van der Waals surface area contributed by atoms with E-state index in [1.807, 2.05) is 26.0 Å². The van der Waals surface area contributed by atoms with E-state index in [4.69, 9.17) is 0 Å². The Hall–Kier alpha value is -2.15. The van der Waals surface area contributed by atoms with Crippen molar-refractivity contribution >= 4 is 28.6 Å². The molecule has 2 N–H and O–H groups in total. The summed E-state index contributed by atoms with van der Waals surface area (Å²) in [7, 11) is 7.99. The molecule has 3 heterocycles. The lowest BCUT2D eigenvalue weighted by Gasteiger charge is -2.17. The molecule has 1 aliphatic rings. The van der Waals surface area contributed by atoms with E-state index in [2.05, 4.69) is 50.5 Å². The van der Waals surface area contributed by atoms with Gasteiger partial charge in [-0.1, -0.05) is 0 Å². The number of likely N-dealkylation sites (tertiary alicyclic amines) is 1. The van der Waals surface area contributed by atoms with Gasteiger partial charge in [-0.2, -0.15) is 9.97 Å². The highest BCUT2D eigenvalue weighted by Crippen LogP contribution is 2.27. The van der Waals surface area contributed by atoms with Crippen molar-refractivity contribution < 1.29 is 0 Å². The molecule has 0 amide bonds. The number of nitrogens with one attached hydrogen (secondary N) is 2. The molecule has 1 aliphatic heterocycles. The van der Waals surface area contributed by atoms with Crippen molar-refractivity contribution in [3.63, 3.8) is 0 Å². The summed E-state index contributed by atoms with van der Waals surface area (Å²) in [6, 6.07) is 2.45. The smallest absolute Gasteiger partial charge is 0.226 e. The monoisotopic (exact) mass is 315 g/mol. The third-order valence-electron chi connectivity index (χ3n) is 4.27. The molecule has 1 fully saturated rings. The Labute approximate surface area is 137 Å². The average Bonchev–Trinajstić information content (AvgIpc) is 2.90. The molecule has 7 nitrogen and oxygen atoms in total. The van der Waals surface area contributed by atoms with E-state index in [1.54, 1.807) is 0 Å². The SMILES string of the molecule is CNc1nc(N[C@@H]2CCN(C)C2)nc2nc(N(C)C)cc(C)c12. The lowest BCUT2D eigenvalue weighted by Crippen LogP contribution is -2.24. The predicted molar refractivity (Wildman–Crippen MR) is 95.5 cm³/mol. The summed E-state index contributed by atoms with van der Waals surface area (Å²) in [6.07, 6.45) is 1.11. The number of anilines is 3. The highest BCUT2D eigenvalue weighted by atomic mass is 15.2. The fraction of sp³-hybridized carbons (Fsp3) is 0.562. The van der Waals surface area contributed by atoms with E-state index in [-0.39, 0.29) is 0 Å². The third kappa shape index (κ3) is 3.14. The average molecular weight is 315 g/mol. The molecule has 1 saturated heterocycles. The fourth-order valence-electron chi connectivity index (χ4n) is 3.01. The number of hydrogen-bond donors (Lipinski definition) is 2. The van der Waals surface area contributed by atoms with Crippen molar-refractivity contribution in [3.8, 4) is 0 Å². The van der Waals surface area contributed by atoms with Gasteiger partial charge in [0.1, 0.15) is 11.6 Å². The molecule has 23 heavy (non-hydrogen) atoms. The van der Waals surface area contributed by atoms with Gasteiger partial charge in [-0.15, -0.1) is 0 Å². The number of pyridine rings is 1. The van der Waals surface area contributed by atoms with E-state index in [0.29, 0.717) is 12.0 Å². The number of likely N-dealkylation sites (N-methyl/N-ethyl adjacent to an activating group) is 1. The van der Waals surface area contributed by atoms with Crippen LogP contribution in [0.2, 0.25) is 0 Å². The van der Waals surface area contributed by atoms with Gasteiger partial charge in [-0.05, 0) is 38.6 Å². The third-order valence-corrected chi connectivity index (χ3v) is 4.27. The summed E-state index contributed by atoms with van der Waals surface area (Å²) >= 11 is 0. The van der Waals surface area contributed by atoms with Crippen LogP contribution in [0.25, 0.3) is 11.0 Å². The molecule has 2 aromatic rings. The molecule has 7 heteroatoms. The number of hydrogen-bond acceptors (Lipinski definition) is 7. The maximum absolute atomic E-state index is 4.68. The van der Waals surface area contributed by atoms with Gasteiger partial charge in [-0.25, -0.2) is 4.98 Å². The molecule has 0 aromatic carbocycles. The normalized spacial score (nSPS) is 18.4. The van der Waals surface area contributed by atoms with Gasteiger partial charge < -0.3 is 20.4 Å². The van der Waals surface area contributed by atoms with Crippen molar-refractivity contribution in [2.24, 2.45) is 0 Å². The molecule has 124 valence electrons. The number of fused-ring (bicyclic) bond motifs is 1. The molecule has 2 aromatic heterocycles. The van der Waals surface area contributed by atoms with Crippen LogP contribution in [0.3, 0.4) is 0 Å². The zero-order valence-corrected chi connectivity index (χ0v) is 14.5. The first-order valence-electron chi connectivity index (χ1n) is 7.97. The minimum Gasteiger partial charge on any atom is -0.372 e. The second-order valence-electron chi connectivity index (χ2n) is 6.43. The highest BCUT2D eigenvalue weighted by Gasteiger charge is 2.21. The maximum atomic E-state index is 4.68. The van der Waals surface area contributed by atoms with Crippen LogP contribution in [0.5, 0.6) is 0 Å². The number of rotatable bonds is 4. The summed E-state index contributed by atoms with van der Waals surface area (Å²) < 4.78 is 0. The number of aryl methyl sites for hydroxylation is 1. The van der Waals surface area contributed by atoms with Gasteiger partial charge in [0.15, 0.2) is 5.65 Å². The fourth-order valence-corrected chi connectivity index (χ4v) is 3.01. The zero-order chi connectivity index (χ0) is 16.6. The van der Waals surface area contributed by atoms with E-state index in [9.17, 15) is 0 Å². The first kappa shape index (κ1) is 15.7. The van der Waals surface area contributed by atoms with E-state index in [0.717, 1.165) is 47.7 Å². The summed E-state index contributed by atoms with van der Waals surface area (Å²) in [6.45, 7) is 4.19. The van der Waals surface area contributed by atoms with Crippen LogP contribution in [0.15, 0.2) is 6.07 Å². The molecule has 3 rings (SSSR count). The van der Waals surface area contributed by atoms with Crippen molar-refractivity contribution in [2.75, 3.05) is 56.8 Å². The first-order chi connectivity index (χ1) is 11.0. The molecule has 0 bridgehead atoms. The Balaban J connectivity index is 2.03. The van der Waals surface area contributed by atoms with Gasteiger partial charge in [0.05, 0.1) is 5.39 Å².